The number of aromatic nitrogens is 4. The van der Waals surface area contributed by atoms with E-state index in [9.17, 15) is 9.59 Å². The second-order valence-corrected chi connectivity index (χ2v) is 4.62. The fraction of sp³-hybridized carbons (Fsp3) is 0.385. The molecule has 0 spiro atoms. The number of nitrogens with one attached hydrogen (secondary N) is 2. The van der Waals surface area contributed by atoms with Crippen LogP contribution in [0.2, 0.25) is 0 Å². The maximum Gasteiger partial charge on any atom is 0.269 e. The second-order valence-electron chi connectivity index (χ2n) is 4.62. The molecule has 0 aromatic carbocycles. The molecule has 0 aliphatic rings. The minimum absolute atomic E-state index is 0.109. The number of carbonyl (C=O) groups is 2. The van der Waals surface area contributed by atoms with Gasteiger partial charge in [-0.15, -0.1) is 0 Å². The normalized spacial score (nSPS) is 10.4. The molecule has 0 radical (unpaired) electrons. The number of rotatable bonds is 5. The van der Waals surface area contributed by atoms with Crippen molar-refractivity contribution in [3.05, 3.63) is 29.8 Å². The molecule has 8 nitrogen and oxygen atoms in total. The van der Waals surface area contributed by atoms with Gasteiger partial charge in [0.1, 0.15) is 5.69 Å². The molecule has 2 amide bonds. The molecule has 2 heterocycles. The molecule has 0 fully saturated rings. The highest BCUT2D eigenvalue weighted by Gasteiger charge is 2.14. The van der Waals surface area contributed by atoms with Gasteiger partial charge in [0.05, 0.1) is 24.1 Å². The third-order valence-corrected chi connectivity index (χ3v) is 2.83. The van der Waals surface area contributed by atoms with Crippen molar-refractivity contribution >= 4 is 17.5 Å². The van der Waals surface area contributed by atoms with Crippen molar-refractivity contribution in [3.8, 4) is 0 Å². The Morgan fingerprint density at radius 2 is 2.14 bits per heavy atom. The van der Waals surface area contributed by atoms with Gasteiger partial charge < -0.3 is 10.6 Å². The quantitative estimate of drug-likeness (QED) is 0.829. The molecule has 2 aromatic heterocycles. The minimum Gasteiger partial charge on any atom is -0.342 e. The molecular formula is C13H18N6O2. The largest absolute Gasteiger partial charge is 0.342 e. The van der Waals surface area contributed by atoms with Crippen LogP contribution in [0, 0.1) is 6.92 Å². The molecule has 112 valence electrons. The Labute approximate surface area is 122 Å². The van der Waals surface area contributed by atoms with Crippen LogP contribution >= 0.6 is 0 Å². The third kappa shape index (κ3) is 3.68. The molecule has 0 aliphatic heterocycles. The highest BCUT2D eigenvalue weighted by molar-refractivity contribution is 5.98. The monoisotopic (exact) mass is 290 g/mol. The van der Waals surface area contributed by atoms with E-state index in [-0.39, 0.29) is 18.4 Å². The summed E-state index contributed by atoms with van der Waals surface area (Å²) in [5.74, 6) is -0.630. The van der Waals surface area contributed by atoms with Gasteiger partial charge in [0.15, 0.2) is 0 Å². The van der Waals surface area contributed by atoms with E-state index < -0.39 is 0 Å². The number of hydrogen-bond acceptors (Lipinski definition) is 4. The lowest BCUT2D eigenvalue weighted by Gasteiger charge is -2.06. The van der Waals surface area contributed by atoms with Crippen molar-refractivity contribution in [2.75, 3.05) is 11.9 Å². The van der Waals surface area contributed by atoms with Gasteiger partial charge >= 0.3 is 0 Å². The summed E-state index contributed by atoms with van der Waals surface area (Å²) in [4.78, 5) is 23.8. The Kier molecular flexibility index (Phi) is 4.36. The third-order valence-electron chi connectivity index (χ3n) is 2.83. The molecule has 2 rings (SSSR count). The van der Waals surface area contributed by atoms with Crippen LogP contribution in [0.3, 0.4) is 0 Å². The number of anilines is 1. The summed E-state index contributed by atoms with van der Waals surface area (Å²) in [5, 5.41) is 13.4. The lowest BCUT2D eigenvalue weighted by atomic mass is 10.3. The van der Waals surface area contributed by atoms with Crippen LogP contribution in [0.5, 0.6) is 0 Å². The molecule has 0 unspecified atom stereocenters. The van der Waals surface area contributed by atoms with E-state index in [1.165, 1.54) is 6.20 Å². The zero-order valence-corrected chi connectivity index (χ0v) is 12.3. The molecular weight excluding hydrogens is 272 g/mol. The van der Waals surface area contributed by atoms with Gasteiger partial charge in [0, 0.05) is 19.8 Å². The van der Waals surface area contributed by atoms with Crippen molar-refractivity contribution in [3.63, 3.8) is 0 Å². The van der Waals surface area contributed by atoms with Crippen LogP contribution in [0.4, 0.5) is 5.69 Å². The summed E-state index contributed by atoms with van der Waals surface area (Å²) >= 11 is 0. The lowest BCUT2D eigenvalue weighted by molar-refractivity contribution is -0.115. The molecule has 21 heavy (non-hydrogen) atoms. The van der Waals surface area contributed by atoms with Crippen molar-refractivity contribution in [1.29, 1.82) is 0 Å². The molecule has 2 N–H and O–H groups in total. The van der Waals surface area contributed by atoms with Gasteiger partial charge in [-0.25, -0.2) is 0 Å². The molecule has 0 aliphatic carbocycles. The van der Waals surface area contributed by atoms with Crippen molar-refractivity contribution < 1.29 is 9.59 Å². The summed E-state index contributed by atoms with van der Waals surface area (Å²) in [5.41, 5.74) is 1.80. The minimum atomic E-state index is -0.321. The maximum absolute atomic E-state index is 12.0. The number of hydrogen-bond donors (Lipinski definition) is 2. The van der Waals surface area contributed by atoms with Crippen LogP contribution in [-0.4, -0.2) is 37.9 Å². The number of nitrogens with zero attached hydrogens (tertiary/aromatic N) is 4. The molecule has 0 atom stereocenters. The van der Waals surface area contributed by atoms with Crippen molar-refractivity contribution in [1.82, 2.24) is 24.9 Å². The zero-order valence-electron chi connectivity index (χ0n) is 12.3. The molecule has 0 saturated heterocycles. The number of carbonyl (C=O) groups excluding carboxylic acids is 2. The Hall–Kier alpha value is -2.64. The van der Waals surface area contributed by atoms with E-state index in [4.69, 9.17) is 0 Å². The molecule has 0 bridgehead atoms. The summed E-state index contributed by atoms with van der Waals surface area (Å²) in [6.45, 7) is 4.20. The van der Waals surface area contributed by atoms with Crippen molar-refractivity contribution in [2.24, 2.45) is 7.05 Å². The Bertz CT molecular complexity index is 657. The first-order valence-electron chi connectivity index (χ1n) is 6.60. The van der Waals surface area contributed by atoms with E-state index >= 15 is 0 Å². The van der Waals surface area contributed by atoms with Gasteiger partial charge in [-0.1, -0.05) is 0 Å². The average Bonchev–Trinajstić information content (AvgIpc) is 3.01. The molecule has 2 aromatic rings. The van der Waals surface area contributed by atoms with E-state index in [1.807, 2.05) is 13.8 Å². The van der Waals surface area contributed by atoms with Gasteiger partial charge in [0.25, 0.3) is 5.91 Å². The molecule has 0 saturated carbocycles. The van der Waals surface area contributed by atoms with Crippen molar-refractivity contribution in [2.45, 2.75) is 20.4 Å². The summed E-state index contributed by atoms with van der Waals surface area (Å²) < 4.78 is 3.18. The second kappa shape index (κ2) is 6.21. The fourth-order valence-corrected chi connectivity index (χ4v) is 1.91. The van der Waals surface area contributed by atoms with Gasteiger partial charge in [-0.05, 0) is 19.9 Å². The topological polar surface area (TPSA) is 93.8 Å². The zero-order chi connectivity index (χ0) is 15.4. The Morgan fingerprint density at radius 1 is 1.38 bits per heavy atom. The van der Waals surface area contributed by atoms with Crippen LogP contribution < -0.4 is 10.6 Å². The average molecular weight is 290 g/mol. The number of aryl methyl sites for hydroxylation is 3. The highest BCUT2D eigenvalue weighted by Crippen LogP contribution is 2.04. The number of amides is 2. The van der Waals surface area contributed by atoms with Gasteiger partial charge in [0.2, 0.25) is 5.91 Å². The SMILES string of the molecule is CCn1nc(C)cc1C(=O)NCC(=O)Nc1cnn(C)c1. The van der Waals surface area contributed by atoms with Crippen LogP contribution in [0.1, 0.15) is 23.1 Å². The maximum atomic E-state index is 12.0. The van der Waals surface area contributed by atoms with Gasteiger partial charge in [-0.3, -0.25) is 19.0 Å². The molecule has 8 heteroatoms. The summed E-state index contributed by atoms with van der Waals surface area (Å²) in [6.07, 6.45) is 3.21. The predicted molar refractivity (Wildman–Crippen MR) is 76.8 cm³/mol. The highest BCUT2D eigenvalue weighted by atomic mass is 16.2. The van der Waals surface area contributed by atoms with E-state index in [1.54, 1.807) is 28.7 Å². The van der Waals surface area contributed by atoms with Crippen LogP contribution in [-0.2, 0) is 18.4 Å². The Morgan fingerprint density at radius 3 is 2.76 bits per heavy atom. The smallest absolute Gasteiger partial charge is 0.269 e. The van der Waals surface area contributed by atoms with Crippen LogP contribution in [0.25, 0.3) is 0 Å². The standard InChI is InChI=1S/C13H18N6O2/c1-4-19-11(5-9(2)17-19)13(21)14-7-12(20)16-10-6-15-18(3)8-10/h5-6,8H,4,7H2,1-3H3,(H,14,21)(H,16,20). The summed E-state index contributed by atoms with van der Waals surface area (Å²) in [7, 11) is 1.76. The first kappa shape index (κ1) is 14.8. The lowest BCUT2D eigenvalue weighted by Crippen LogP contribution is -2.34. The summed E-state index contributed by atoms with van der Waals surface area (Å²) in [6, 6.07) is 1.69. The first-order chi connectivity index (χ1) is 9.99. The predicted octanol–water partition coefficient (Wildman–Crippen LogP) is 0.313. The van der Waals surface area contributed by atoms with Crippen LogP contribution in [0.15, 0.2) is 18.5 Å². The fourth-order valence-electron chi connectivity index (χ4n) is 1.91. The first-order valence-corrected chi connectivity index (χ1v) is 6.60. The van der Waals surface area contributed by atoms with E-state index in [0.717, 1.165) is 5.69 Å². The van der Waals surface area contributed by atoms with Gasteiger partial charge in [-0.2, -0.15) is 10.2 Å². The van der Waals surface area contributed by atoms with E-state index in [0.29, 0.717) is 17.9 Å². The Balaban J connectivity index is 1.90. The van der Waals surface area contributed by atoms with E-state index in [2.05, 4.69) is 20.8 Å².